The summed E-state index contributed by atoms with van der Waals surface area (Å²) in [5.74, 6) is 3.95. The number of aliphatic imine (C=N–C) groups is 1. The van der Waals surface area contributed by atoms with Crippen LogP contribution in [-0.2, 0) is 6.54 Å². The molecule has 154 valence electrons. The Morgan fingerprint density at radius 2 is 1.86 bits per heavy atom. The van der Waals surface area contributed by atoms with Crippen LogP contribution >= 0.6 is 35.7 Å². The molecule has 0 bridgehead atoms. The van der Waals surface area contributed by atoms with Crippen LogP contribution in [-0.4, -0.2) is 42.6 Å². The average molecular weight is 516 g/mol. The first-order valence-corrected chi connectivity index (χ1v) is 10.5. The normalized spacial score (nSPS) is 10.8. The van der Waals surface area contributed by atoms with E-state index in [2.05, 4.69) is 33.8 Å². The molecule has 0 amide bonds. The highest BCUT2D eigenvalue weighted by molar-refractivity contribution is 14.0. The highest BCUT2D eigenvalue weighted by atomic mass is 127. The van der Waals surface area contributed by atoms with Crippen molar-refractivity contribution in [3.8, 4) is 17.4 Å². The van der Waals surface area contributed by atoms with Gasteiger partial charge in [0, 0.05) is 31.1 Å². The molecule has 6 nitrogen and oxygen atoms in total. The summed E-state index contributed by atoms with van der Waals surface area (Å²) in [6.07, 6.45) is 3.83. The molecular formula is C20H29IN4O2S. The maximum atomic E-state index is 5.84. The molecule has 0 saturated heterocycles. The molecular weight excluding hydrogens is 487 g/mol. The van der Waals surface area contributed by atoms with Crippen LogP contribution in [0.4, 0.5) is 0 Å². The summed E-state index contributed by atoms with van der Waals surface area (Å²) in [6, 6.07) is 11.4. The standard InChI is InChI=1S/C20H28N4O2S.HI/c1-4-21-20(23-12-13-27-3)24-15-16-10-11-22-19(14-16)26-18-8-6-17(7-9-18)25-5-2;/h6-11,14H,4-5,12-13,15H2,1-3H3,(H2,21,23,24);1H. The third-order valence-electron chi connectivity index (χ3n) is 3.52. The zero-order valence-electron chi connectivity index (χ0n) is 16.6. The third-order valence-corrected chi connectivity index (χ3v) is 4.13. The van der Waals surface area contributed by atoms with E-state index in [-0.39, 0.29) is 24.0 Å². The van der Waals surface area contributed by atoms with Gasteiger partial charge >= 0.3 is 0 Å². The van der Waals surface area contributed by atoms with E-state index in [9.17, 15) is 0 Å². The van der Waals surface area contributed by atoms with Crippen molar-refractivity contribution >= 4 is 41.7 Å². The summed E-state index contributed by atoms with van der Waals surface area (Å²) < 4.78 is 11.3. The van der Waals surface area contributed by atoms with Gasteiger partial charge < -0.3 is 20.1 Å². The summed E-state index contributed by atoms with van der Waals surface area (Å²) in [5.41, 5.74) is 1.04. The summed E-state index contributed by atoms with van der Waals surface area (Å²) in [5, 5.41) is 6.57. The van der Waals surface area contributed by atoms with Crippen LogP contribution in [0.15, 0.2) is 47.6 Å². The van der Waals surface area contributed by atoms with Crippen LogP contribution in [0.5, 0.6) is 17.4 Å². The Labute approximate surface area is 188 Å². The Kier molecular flexibility index (Phi) is 12.5. The predicted molar refractivity (Wildman–Crippen MR) is 129 cm³/mol. The minimum absolute atomic E-state index is 0. The van der Waals surface area contributed by atoms with Crippen molar-refractivity contribution in [1.29, 1.82) is 0 Å². The molecule has 28 heavy (non-hydrogen) atoms. The van der Waals surface area contributed by atoms with E-state index in [1.165, 1.54) is 0 Å². The second kappa shape index (κ2) is 14.3. The minimum Gasteiger partial charge on any atom is -0.494 e. The summed E-state index contributed by atoms with van der Waals surface area (Å²) in [6.45, 7) is 6.92. The van der Waals surface area contributed by atoms with Gasteiger partial charge in [-0.1, -0.05) is 0 Å². The fraction of sp³-hybridized carbons (Fsp3) is 0.400. The molecule has 2 N–H and O–H groups in total. The molecule has 0 saturated carbocycles. The maximum absolute atomic E-state index is 5.84. The number of hydrogen-bond acceptors (Lipinski definition) is 5. The van der Waals surface area contributed by atoms with Crippen LogP contribution in [0, 0.1) is 0 Å². The molecule has 0 radical (unpaired) electrons. The lowest BCUT2D eigenvalue weighted by atomic mass is 10.2. The van der Waals surface area contributed by atoms with Crippen LogP contribution in [0.3, 0.4) is 0 Å². The molecule has 2 aromatic rings. The lowest BCUT2D eigenvalue weighted by Crippen LogP contribution is -2.38. The molecule has 0 unspecified atom stereocenters. The number of halogens is 1. The Hall–Kier alpha value is -1.68. The van der Waals surface area contributed by atoms with Crippen LogP contribution < -0.4 is 20.1 Å². The second-order valence-corrected chi connectivity index (χ2v) is 6.61. The van der Waals surface area contributed by atoms with Gasteiger partial charge in [0.25, 0.3) is 0 Å². The van der Waals surface area contributed by atoms with E-state index >= 15 is 0 Å². The van der Waals surface area contributed by atoms with Gasteiger partial charge in [-0.15, -0.1) is 24.0 Å². The number of pyridine rings is 1. The van der Waals surface area contributed by atoms with Crippen molar-refractivity contribution in [2.45, 2.75) is 20.4 Å². The Bertz CT molecular complexity index is 714. The maximum Gasteiger partial charge on any atom is 0.219 e. The number of guanidine groups is 1. The minimum atomic E-state index is 0. The van der Waals surface area contributed by atoms with Crippen molar-refractivity contribution in [3.05, 3.63) is 48.2 Å². The molecule has 8 heteroatoms. The summed E-state index contributed by atoms with van der Waals surface area (Å²) in [4.78, 5) is 8.90. The van der Waals surface area contributed by atoms with Crippen LogP contribution in [0.25, 0.3) is 0 Å². The van der Waals surface area contributed by atoms with E-state index in [1.54, 1.807) is 18.0 Å². The van der Waals surface area contributed by atoms with E-state index in [0.717, 1.165) is 41.9 Å². The molecule has 0 aliphatic rings. The number of hydrogen-bond donors (Lipinski definition) is 2. The van der Waals surface area contributed by atoms with Crippen molar-refractivity contribution in [1.82, 2.24) is 15.6 Å². The number of benzene rings is 1. The molecule has 0 spiro atoms. The molecule has 1 aromatic carbocycles. The number of thioether (sulfide) groups is 1. The van der Waals surface area contributed by atoms with Gasteiger partial charge in [-0.05, 0) is 56.0 Å². The first-order valence-electron chi connectivity index (χ1n) is 9.12. The average Bonchev–Trinajstić information content (AvgIpc) is 2.68. The summed E-state index contributed by atoms with van der Waals surface area (Å²) in [7, 11) is 0. The molecule has 1 heterocycles. The van der Waals surface area contributed by atoms with Crippen molar-refractivity contribution in [3.63, 3.8) is 0 Å². The molecule has 2 rings (SSSR count). The largest absolute Gasteiger partial charge is 0.494 e. The molecule has 0 aliphatic heterocycles. The third kappa shape index (κ3) is 9.01. The van der Waals surface area contributed by atoms with Gasteiger partial charge in [-0.25, -0.2) is 9.98 Å². The van der Waals surface area contributed by atoms with Gasteiger partial charge in [0.05, 0.1) is 13.2 Å². The Balaban J connectivity index is 0.00000392. The Morgan fingerprint density at radius 3 is 2.54 bits per heavy atom. The van der Waals surface area contributed by atoms with Crippen LogP contribution in [0.2, 0.25) is 0 Å². The number of rotatable bonds is 10. The van der Waals surface area contributed by atoms with Gasteiger partial charge in [0.1, 0.15) is 11.5 Å². The number of ether oxygens (including phenoxy) is 2. The fourth-order valence-electron chi connectivity index (χ4n) is 2.28. The first kappa shape index (κ1) is 24.4. The quantitative estimate of drug-likeness (QED) is 0.212. The van der Waals surface area contributed by atoms with Crippen molar-refractivity contribution in [2.75, 3.05) is 31.7 Å². The Morgan fingerprint density at radius 1 is 1.11 bits per heavy atom. The fourth-order valence-corrected chi connectivity index (χ4v) is 2.59. The van der Waals surface area contributed by atoms with Gasteiger partial charge in [0.15, 0.2) is 5.96 Å². The first-order chi connectivity index (χ1) is 13.2. The second-order valence-electron chi connectivity index (χ2n) is 5.62. The predicted octanol–water partition coefficient (Wildman–Crippen LogP) is 4.31. The van der Waals surface area contributed by atoms with Gasteiger partial charge in [-0.2, -0.15) is 11.8 Å². The highest BCUT2D eigenvalue weighted by Gasteiger charge is 2.02. The molecule has 0 atom stereocenters. The monoisotopic (exact) mass is 516 g/mol. The number of nitrogens with one attached hydrogen (secondary N) is 2. The highest BCUT2D eigenvalue weighted by Crippen LogP contribution is 2.23. The van der Waals surface area contributed by atoms with E-state index in [1.807, 2.05) is 43.3 Å². The summed E-state index contributed by atoms with van der Waals surface area (Å²) >= 11 is 1.80. The van der Waals surface area contributed by atoms with E-state index in [0.29, 0.717) is 19.0 Å². The SMILES string of the molecule is CCNC(=NCc1ccnc(Oc2ccc(OCC)cc2)c1)NCCSC.I. The lowest BCUT2D eigenvalue weighted by molar-refractivity contribution is 0.339. The van der Waals surface area contributed by atoms with Crippen molar-refractivity contribution < 1.29 is 9.47 Å². The zero-order valence-corrected chi connectivity index (χ0v) is 19.8. The number of aromatic nitrogens is 1. The lowest BCUT2D eigenvalue weighted by Gasteiger charge is -2.11. The molecule has 1 aromatic heterocycles. The molecule has 0 aliphatic carbocycles. The zero-order chi connectivity index (χ0) is 19.3. The van der Waals surface area contributed by atoms with Gasteiger partial charge in [0.2, 0.25) is 5.88 Å². The van der Waals surface area contributed by atoms with Crippen LogP contribution in [0.1, 0.15) is 19.4 Å². The number of nitrogens with zero attached hydrogens (tertiary/aromatic N) is 2. The topological polar surface area (TPSA) is 67.8 Å². The van der Waals surface area contributed by atoms with E-state index < -0.39 is 0 Å². The van der Waals surface area contributed by atoms with Gasteiger partial charge in [-0.3, -0.25) is 0 Å². The molecule has 0 fully saturated rings. The smallest absolute Gasteiger partial charge is 0.219 e. The van der Waals surface area contributed by atoms with Crippen molar-refractivity contribution in [2.24, 2.45) is 4.99 Å². The van der Waals surface area contributed by atoms with E-state index in [4.69, 9.17) is 9.47 Å².